The van der Waals surface area contributed by atoms with Crippen LogP contribution in [0.4, 0.5) is 0 Å². The molecule has 1 aromatic rings. The largest absolute Gasteiger partial charge is 0.310 e. The lowest BCUT2D eigenvalue weighted by atomic mass is 10.1. The van der Waals surface area contributed by atoms with Gasteiger partial charge in [0.2, 0.25) is 0 Å². The van der Waals surface area contributed by atoms with Gasteiger partial charge in [0.05, 0.1) is 6.20 Å². The number of hydrogen-bond acceptors (Lipinski definition) is 4. The van der Waals surface area contributed by atoms with E-state index in [2.05, 4.69) is 15.5 Å². The highest BCUT2D eigenvalue weighted by molar-refractivity contribution is 7.89. The van der Waals surface area contributed by atoms with E-state index in [1.165, 1.54) is 6.42 Å². The molecule has 20 heavy (non-hydrogen) atoms. The molecule has 2 fully saturated rings. The summed E-state index contributed by atoms with van der Waals surface area (Å²) in [6, 6.07) is 0.502. The average Bonchev–Trinajstić information content (AvgIpc) is 3.11. The second-order valence-electron chi connectivity index (χ2n) is 6.17. The first-order chi connectivity index (χ1) is 9.48. The van der Waals surface area contributed by atoms with Crippen LogP contribution in [0.5, 0.6) is 0 Å². The summed E-state index contributed by atoms with van der Waals surface area (Å²) in [4.78, 5) is 0. The zero-order chi connectivity index (χ0) is 14.3. The fraction of sp³-hybridized carbons (Fsp3) is 0.769. The van der Waals surface area contributed by atoms with Crippen molar-refractivity contribution >= 4 is 10.0 Å². The number of rotatable bonds is 5. The highest BCUT2D eigenvalue weighted by atomic mass is 32.2. The second-order valence-corrected chi connectivity index (χ2v) is 7.99. The van der Waals surface area contributed by atoms with Crippen molar-refractivity contribution in [3.05, 3.63) is 11.8 Å². The van der Waals surface area contributed by atoms with Gasteiger partial charge in [-0.3, -0.25) is 5.10 Å². The summed E-state index contributed by atoms with van der Waals surface area (Å²) in [5.41, 5.74) is 0.724. The van der Waals surface area contributed by atoms with Crippen LogP contribution in [0.3, 0.4) is 0 Å². The highest BCUT2D eigenvalue weighted by Gasteiger charge is 2.45. The third kappa shape index (κ3) is 2.38. The SMILES string of the molecule is CC(C)NCc1cn[nH]c1S(=O)(=O)N1CC2CCC1C2. The Hall–Kier alpha value is -0.920. The molecule has 0 aromatic carbocycles. The van der Waals surface area contributed by atoms with E-state index in [4.69, 9.17) is 0 Å². The molecule has 6 nitrogen and oxygen atoms in total. The summed E-state index contributed by atoms with van der Waals surface area (Å²) in [6.07, 6.45) is 4.79. The van der Waals surface area contributed by atoms with Crippen LogP contribution < -0.4 is 5.32 Å². The second kappa shape index (κ2) is 5.13. The number of H-pyrrole nitrogens is 1. The molecule has 3 rings (SSSR count). The van der Waals surface area contributed by atoms with E-state index in [-0.39, 0.29) is 11.1 Å². The molecule has 1 aromatic heterocycles. The Morgan fingerprint density at radius 2 is 2.30 bits per heavy atom. The molecule has 7 heteroatoms. The van der Waals surface area contributed by atoms with Gasteiger partial charge in [-0.25, -0.2) is 8.42 Å². The molecule has 2 bridgehead atoms. The van der Waals surface area contributed by atoms with Crippen molar-refractivity contribution in [2.45, 2.75) is 56.8 Å². The molecule has 1 aliphatic carbocycles. The Bertz CT molecular complexity index is 581. The number of hydrogen-bond donors (Lipinski definition) is 2. The number of aromatic amines is 1. The monoisotopic (exact) mass is 298 g/mol. The van der Waals surface area contributed by atoms with Crippen LogP contribution >= 0.6 is 0 Å². The van der Waals surface area contributed by atoms with Crippen molar-refractivity contribution in [2.75, 3.05) is 6.54 Å². The zero-order valence-corrected chi connectivity index (χ0v) is 12.8. The van der Waals surface area contributed by atoms with Crippen molar-refractivity contribution in [1.29, 1.82) is 0 Å². The molecular weight excluding hydrogens is 276 g/mol. The minimum atomic E-state index is -3.43. The summed E-state index contributed by atoms with van der Waals surface area (Å²) < 4.78 is 27.2. The van der Waals surface area contributed by atoms with Gasteiger partial charge in [-0.1, -0.05) is 13.8 Å². The highest BCUT2D eigenvalue weighted by Crippen LogP contribution is 2.40. The quantitative estimate of drug-likeness (QED) is 0.852. The van der Waals surface area contributed by atoms with E-state index < -0.39 is 10.0 Å². The van der Waals surface area contributed by atoms with Crippen LogP contribution in [0.25, 0.3) is 0 Å². The smallest absolute Gasteiger partial charge is 0.260 e. The van der Waals surface area contributed by atoms with Gasteiger partial charge in [0.25, 0.3) is 10.0 Å². The summed E-state index contributed by atoms with van der Waals surface area (Å²) in [5.74, 6) is 0.551. The van der Waals surface area contributed by atoms with E-state index in [0.717, 1.165) is 18.4 Å². The van der Waals surface area contributed by atoms with Crippen LogP contribution in [0.2, 0.25) is 0 Å². The molecule has 2 unspecified atom stereocenters. The van der Waals surface area contributed by atoms with Crippen molar-refractivity contribution in [3.63, 3.8) is 0 Å². The van der Waals surface area contributed by atoms with Gasteiger partial charge in [0.15, 0.2) is 5.03 Å². The fourth-order valence-corrected chi connectivity index (χ4v) is 5.10. The third-order valence-corrected chi connectivity index (χ3v) is 6.24. The topological polar surface area (TPSA) is 78.1 Å². The van der Waals surface area contributed by atoms with Crippen molar-refractivity contribution in [1.82, 2.24) is 19.8 Å². The summed E-state index contributed by atoms with van der Waals surface area (Å²) >= 11 is 0. The Morgan fingerprint density at radius 1 is 1.50 bits per heavy atom. The molecule has 0 amide bonds. The van der Waals surface area contributed by atoms with Crippen LogP contribution in [-0.4, -0.2) is 41.5 Å². The number of aromatic nitrogens is 2. The lowest BCUT2D eigenvalue weighted by Gasteiger charge is -2.25. The number of nitrogens with zero attached hydrogens (tertiary/aromatic N) is 2. The molecule has 2 aliphatic rings. The average molecular weight is 298 g/mol. The molecule has 112 valence electrons. The van der Waals surface area contributed by atoms with Crippen molar-refractivity contribution in [3.8, 4) is 0 Å². The molecule has 0 spiro atoms. The fourth-order valence-electron chi connectivity index (χ4n) is 3.25. The van der Waals surface area contributed by atoms with Crippen LogP contribution in [0, 0.1) is 5.92 Å². The number of fused-ring (bicyclic) bond motifs is 2. The Labute approximate surface area is 120 Å². The molecule has 2 atom stereocenters. The molecular formula is C13H22N4O2S. The summed E-state index contributed by atoms with van der Waals surface area (Å²) in [5, 5.41) is 10.1. The van der Waals surface area contributed by atoms with Crippen LogP contribution in [0.1, 0.15) is 38.7 Å². The van der Waals surface area contributed by atoms with Crippen LogP contribution in [0.15, 0.2) is 11.2 Å². The first kappa shape index (κ1) is 14.0. The van der Waals surface area contributed by atoms with E-state index >= 15 is 0 Å². The van der Waals surface area contributed by atoms with Gasteiger partial charge >= 0.3 is 0 Å². The van der Waals surface area contributed by atoms with Crippen molar-refractivity contribution in [2.24, 2.45) is 5.92 Å². The Morgan fingerprint density at radius 3 is 2.90 bits per heavy atom. The van der Waals surface area contributed by atoms with Gasteiger partial charge in [-0.15, -0.1) is 0 Å². The maximum atomic E-state index is 12.8. The van der Waals surface area contributed by atoms with E-state index in [1.54, 1.807) is 10.5 Å². The maximum Gasteiger partial charge on any atom is 0.260 e. The molecule has 0 radical (unpaired) electrons. The van der Waals surface area contributed by atoms with E-state index in [0.29, 0.717) is 25.0 Å². The Balaban J connectivity index is 1.83. The van der Waals surface area contributed by atoms with E-state index in [9.17, 15) is 8.42 Å². The molecule has 2 N–H and O–H groups in total. The summed E-state index contributed by atoms with van der Waals surface area (Å²) in [6.45, 7) is 5.26. The van der Waals surface area contributed by atoms with Gasteiger partial charge in [-0.05, 0) is 25.2 Å². The predicted octanol–water partition coefficient (Wildman–Crippen LogP) is 1.08. The third-order valence-electron chi connectivity index (χ3n) is 4.30. The first-order valence-corrected chi connectivity index (χ1v) is 8.70. The molecule has 1 aliphatic heterocycles. The Kier molecular flexibility index (Phi) is 3.60. The van der Waals surface area contributed by atoms with Gasteiger partial charge in [0, 0.05) is 30.7 Å². The minimum Gasteiger partial charge on any atom is -0.310 e. The molecule has 1 saturated carbocycles. The lowest BCUT2D eigenvalue weighted by molar-refractivity contribution is 0.332. The minimum absolute atomic E-state index is 0.194. The van der Waals surface area contributed by atoms with Crippen molar-refractivity contribution < 1.29 is 8.42 Å². The van der Waals surface area contributed by atoms with Gasteiger partial charge < -0.3 is 5.32 Å². The first-order valence-electron chi connectivity index (χ1n) is 7.26. The predicted molar refractivity (Wildman–Crippen MR) is 75.6 cm³/mol. The van der Waals surface area contributed by atoms with Crippen LogP contribution in [-0.2, 0) is 16.6 Å². The lowest BCUT2D eigenvalue weighted by Crippen LogP contribution is -2.38. The summed E-state index contributed by atoms with van der Waals surface area (Å²) in [7, 11) is -3.43. The zero-order valence-electron chi connectivity index (χ0n) is 12.0. The molecule has 2 heterocycles. The number of sulfonamides is 1. The van der Waals surface area contributed by atoms with Gasteiger partial charge in [-0.2, -0.15) is 9.40 Å². The van der Waals surface area contributed by atoms with E-state index in [1.807, 2.05) is 13.8 Å². The standard InChI is InChI=1S/C13H22N4O2S/c1-9(2)14-6-11-7-15-16-13(11)20(18,19)17-8-10-3-4-12(17)5-10/h7,9-10,12,14H,3-6,8H2,1-2H3,(H,15,16). The molecule has 1 saturated heterocycles. The van der Waals surface area contributed by atoms with Gasteiger partial charge in [0.1, 0.15) is 0 Å². The number of nitrogens with one attached hydrogen (secondary N) is 2. The number of piperidine rings is 1. The normalized spacial score (nSPS) is 26.8. The maximum absolute atomic E-state index is 12.8.